The molecular formula is C15H21NO3. The van der Waals surface area contributed by atoms with Gasteiger partial charge in [-0.3, -0.25) is 4.79 Å². The van der Waals surface area contributed by atoms with Crippen LogP contribution < -0.4 is 5.32 Å². The van der Waals surface area contributed by atoms with Crippen molar-refractivity contribution in [1.29, 1.82) is 0 Å². The molecule has 1 aliphatic rings. The third kappa shape index (κ3) is 3.19. The maximum atomic E-state index is 12.1. The number of nitrogens with one attached hydrogen (secondary N) is 1. The molecule has 0 saturated heterocycles. The van der Waals surface area contributed by atoms with Crippen LogP contribution in [0.4, 0.5) is 0 Å². The molecule has 3 unspecified atom stereocenters. The number of rotatable bonds is 2. The Bertz CT molecular complexity index is 472. The summed E-state index contributed by atoms with van der Waals surface area (Å²) >= 11 is 0. The summed E-state index contributed by atoms with van der Waals surface area (Å²) in [6.45, 7) is 4.47. The summed E-state index contributed by atoms with van der Waals surface area (Å²) in [5.74, 6) is 0.662. The fourth-order valence-electron chi connectivity index (χ4n) is 2.61. The van der Waals surface area contributed by atoms with Crippen LogP contribution in [0.5, 0.6) is 11.5 Å². The summed E-state index contributed by atoms with van der Waals surface area (Å²) < 4.78 is 0. The van der Waals surface area contributed by atoms with Gasteiger partial charge in [0.2, 0.25) is 0 Å². The number of benzene rings is 1. The number of phenolic OH excluding ortho intramolecular Hbond substituents is 2. The molecule has 3 N–H and O–H groups in total. The highest BCUT2D eigenvalue weighted by Crippen LogP contribution is 2.30. The zero-order valence-electron chi connectivity index (χ0n) is 11.4. The highest BCUT2D eigenvalue weighted by molar-refractivity contribution is 5.95. The molecule has 0 spiro atoms. The summed E-state index contributed by atoms with van der Waals surface area (Å²) in [5, 5.41) is 21.6. The number of amides is 1. The third-order valence-electron chi connectivity index (χ3n) is 4.17. The van der Waals surface area contributed by atoms with E-state index in [1.165, 1.54) is 18.2 Å². The lowest BCUT2D eigenvalue weighted by molar-refractivity contribution is 0.0910. The van der Waals surface area contributed by atoms with Crippen LogP contribution in [0.1, 0.15) is 43.5 Å². The van der Waals surface area contributed by atoms with Crippen molar-refractivity contribution in [3.05, 3.63) is 23.8 Å². The van der Waals surface area contributed by atoms with Gasteiger partial charge < -0.3 is 15.5 Å². The molecule has 4 nitrogen and oxygen atoms in total. The van der Waals surface area contributed by atoms with Crippen LogP contribution in [-0.4, -0.2) is 22.2 Å². The lowest BCUT2D eigenvalue weighted by Gasteiger charge is -2.32. The van der Waals surface area contributed by atoms with Gasteiger partial charge in [0.15, 0.2) is 11.5 Å². The average molecular weight is 263 g/mol. The summed E-state index contributed by atoms with van der Waals surface area (Å²) in [6, 6.07) is 4.34. The Morgan fingerprint density at radius 1 is 1.16 bits per heavy atom. The van der Waals surface area contributed by atoms with Crippen LogP contribution in [0, 0.1) is 11.8 Å². The summed E-state index contributed by atoms with van der Waals surface area (Å²) in [5.41, 5.74) is 0.376. The molecule has 1 aromatic carbocycles. The molecular weight excluding hydrogens is 242 g/mol. The van der Waals surface area contributed by atoms with Crippen LogP contribution in [0.2, 0.25) is 0 Å². The first-order valence-electron chi connectivity index (χ1n) is 6.80. The van der Waals surface area contributed by atoms with Crippen molar-refractivity contribution in [2.75, 3.05) is 0 Å². The van der Waals surface area contributed by atoms with Gasteiger partial charge in [-0.1, -0.05) is 13.8 Å². The van der Waals surface area contributed by atoms with Gasteiger partial charge >= 0.3 is 0 Å². The first kappa shape index (κ1) is 13.7. The van der Waals surface area contributed by atoms with Crippen LogP contribution in [0.25, 0.3) is 0 Å². The largest absolute Gasteiger partial charge is 0.504 e. The molecule has 3 atom stereocenters. The predicted octanol–water partition coefficient (Wildman–Crippen LogP) is 2.65. The summed E-state index contributed by atoms with van der Waals surface area (Å²) in [4.78, 5) is 12.1. The quantitative estimate of drug-likeness (QED) is 0.718. The normalized spacial score (nSPS) is 26.9. The Labute approximate surface area is 113 Å². The zero-order valence-corrected chi connectivity index (χ0v) is 11.4. The van der Waals surface area contributed by atoms with Gasteiger partial charge in [-0.2, -0.15) is 0 Å². The van der Waals surface area contributed by atoms with Crippen molar-refractivity contribution < 1.29 is 15.0 Å². The van der Waals surface area contributed by atoms with Crippen LogP contribution >= 0.6 is 0 Å². The van der Waals surface area contributed by atoms with Gasteiger partial charge in [-0.15, -0.1) is 0 Å². The van der Waals surface area contributed by atoms with E-state index in [1.807, 2.05) is 0 Å². The molecule has 1 saturated carbocycles. The second kappa shape index (κ2) is 5.51. The SMILES string of the molecule is CC1CCC(NC(=O)c2ccc(O)c(O)c2)CC1C. The van der Waals surface area contributed by atoms with Crippen molar-refractivity contribution in [3.8, 4) is 11.5 Å². The topological polar surface area (TPSA) is 69.6 Å². The Balaban J connectivity index is 1.99. The van der Waals surface area contributed by atoms with E-state index in [0.717, 1.165) is 19.3 Å². The predicted molar refractivity (Wildman–Crippen MR) is 73.2 cm³/mol. The number of carbonyl (C=O) groups excluding carboxylic acids is 1. The van der Waals surface area contributed by atoms with Crippen LogP contribution in [-0.2, 0) is 0 Å². The van der Waals surface area contributed by atoms with Crippen molar-refractivity contribution in [3.63, 3.8) is 0 Å². The van der Waals surface area contributed by atoms with E-state index in [1.54, 1.807) is 0 Å². The number of hydrogen-bond donors (Lipinski definition) is 3. The number of phenols is 2. The maximum absolute atomic E-state index is 12.1. The van der Waals surface area contributed by atoms with E-state index in [-0.39, 0.29) is 23.4 Å². The maximum Gasteiger partial charge on any atom is 0.251 e. The first-order valence-corrected chi connectivity index (χ1v) is 6.80. The molecule has 4 heteroatoms. The minimum absolute atomic E-state index is 0.193. The van der Waals surface area contributed by atoms with Gasteiger partial charge in [0.1, 0.15) is 0 Å². The van der Waals surface area contributed by atoms with Crippen molar-refractivity contribution in [2.24, 2.45) is 11.8 Å². The van der Waals surface area contributed by atoms with Gasteiger partial charge in [-0.25, -0.2) is 0 Å². The van der Waals surface area contributed by atoms with Gasteiger partial charge in [0, 0.05) is 11.6 Å². The fraction of sp³-hybridized carbons (Fsp3) is 0.533. The average Bonchev–Trinajstić information content (AvgIpc) is 2.37. The first-order chi connectivity index (χ1) is 8.97. The summed E-state index contributed by atoms with van der Waals surface area (Å²) in [7, 11) is 0. The van der Waals surface area contributed by atoms with Crippen LogP contribution in [0.3, 0.4) is 0 Å². The number of carbonyl (C=O) groups is 1. The van der Waals surface area contributed by atoms with Crippen molar-refractivity contribution in [2.45, 2.75) is 39.2 Å². The lowest BCUT2D eigenvalue weighted by atomic mass is 9.79. The minimum atomic E-state index is -0.265. The fourth-order valence-corrected chi connectivity index (χ4v) is 2.61. The van der Waals surface area contributed by atoms with Crippen LogP contribution in [0.15, 0.2) is 18.2 Å². The van der Waals surface area contributed by atoms with E-state index < -0.39 is 0 Å². The van der Waals surface area contributed by atoms with Gasteiger partial charge in [0.05, 0.1) is 0 Å². The molecule has 0 heterocycles. The molecule has 1 aliphatic carbocycles. The molecule has 0 aliphatic heterocycles. The monoisotopic (exact) mass is 263 g/mol. The smallest absolute Gasteiger partial charge is 0.251 e. The molecule has 1 amide bonds. The Hall–Kier alpha value is -1.71. The molecule has 0 bridgehead atoms. The molecule has 0 radical (unpaired) electrons. The minimum Gasteiger partial charge on any atom is -0.504 e. The summed E-state index contributed by atoms with van der Waals surface area (Å²) in [6.07, 6.45) is 3.13. The van der Waals surface area contributed by atoms with E-state index in [9.17, 15) is 15.0 Å². The van der Waals surface area contributed by atoms with E-state index in [4.69, 9.17) is 0 Å². The van der Waals surface area contributed by atoms with E-state index in [2.05, 4.69) is 19.2 Å². The number of aromatic hydroxyl groups is 2. The molecule has 19 heavy (non-hydrogen) atoms. The second-order valence-corrected chi connectivity index (χ2v) is 5.64. The lowest BCUT2D eigenvalue weighted by Crippen LogP contribution is -2.39. The molecule has 1 fully saturated rings. The van der Waals surface area contributed by atoms with Gasteiger partial charge in [0.25, 0.3) is 5.91 Å². The number of hydrogen-bond acceptors (Lipinski definition) is 3. The van der Waals surface area contributed by atoms with Crippen molar-refractivity contribution in [1.82, 2.24) is 5.32 Å². The van der Waals surface area contributed by atoms with E-state index in [0.29, 0.717) is 17.4 Å². The van der Waals surface area contributed by atoms with Gasteiger partial charge in [-0.05, 0) is 49.3 Å². The Morgan fingerprint density at radius 3 is 2.53 bits per heavy atom. The second-order valence-electron chi connectivity index (χ2n) is 5.64. The third-order valence-corrected chi connectivity index (χ3v) is 4.17. The molecule has 0 aromatic heterocycles. The standard InChI is InChI=1S/C15H21NO3/c1-9-3-5-12(7-10(9)2)16-15(19)11-4-6-13(17)14(18)8-11/h4,6,8-10,12,17-18H,3,5,7H2,1-2H3,(H,16,19). The Morgan fingerprint density at radius 2 is 1.89 bits per heavy atom. The Kier molecular flexibility index (Phi) is 3.98. The zero-order chi connectivity index (χ0) is 14.0. The molecule has 2 rings (SSSR count). The van der Waals surface area contributed by atoms with Crippen molar-refractivity contribution >= 4 is 5.91 Å². The highest BCUT2D eigenvalue weighted by atomic mass is 16.3. The van der Waals surface area contributed by atoms with E-state index >= 15 is 0 Å². The molecule has 1 aromatic rings. The highest BCUT2D eigenvalue weighted by Gasteiger charge is 2.25. The molecule has 104 valence electrons.